The van der Waals surface area contributed by atoms with Gasteiger partial charge < -0.3 is 20.3 Å². The molecular formula is C19H27ClF3N5O2. The molecule has 0 aliphatic heterocycles. The Balaban J connectivity index is 1.83. The number of aromatic nitrogens is 1. The summed E-state index contributed by atoms with van der Waals surface area (Å²) in [6, 6.07) is 0.778. The minimum absolute atomic E-state index is 0.0732. The maximum absolute atomic E-state index is 12.6. The van der Waals surface area contributed by atoms with Crippen LogP contribution in [0.25, 0.3) is 0 Å². The van der Waals surface area contributed by atoms with Crippen molar-refractivity contribution in [2.75, 3.05) is 40.8 Å². The molecule has 11 heteroatoms. The Morgan fingerprint density at radius 1 is 1.33 bits per heavy atom. The fourth-order valence-electron chi connectivity index (χ4n) is 3.47. The maximum atomic E-state index is 12.6. The normalized spacial score (nSPS) is 16.3. The van der Waals surface area contributed by atoms with E-state index < -0.39 is 17.2 Å². The van der Waals surface area contributed by atoms with Crippen LogP contribution in [-0.2, 0) is 11.0 Å². The molecule has 2 N–H and O–H groups in total. The third-order valence-electron chi connectivity index (χ3n) is 5.01. The number of carbonyl (C=O) groups excluding carboxylic acids is 1. The van der Waals surface area contributed by atoms with Gasteiger partial charge in [0, 0.05) is 33.9 Å². The summed E-state index contributed by atoms with van der Waals surface area (Å²) in [5, 5.41) is 6.02. The van der Waals surface area contributed by atoms with E-state index in [0.29, 0.717) is 25.2 Å². The van der Waals surface area contributed by atoms with Crippen LogP contribution in [0.15, 0.2) is 17.3 Å². The van der Waals surface area contributed by atoms with Gasteiger partial charge in [-0.3, -0.25) is 9.79 Å². The number of rotatable bonds is 7. The lowest BCUT2D eigenvalue weighted by Crippen LogP contribution is -2.49. The molecule has 7 nitrogen and oxygen atoms in total. The van der Waals surface area contributed by atoms with Crippen LogP contribution in [0.5, 0.6) is 5.88 Å². The average Bonchev–Trinajstić information content (AvgIpc) is 3.17. The Bertz CT molecular complexity index is 765. The molecule has 1 aromatic rings. The number of nitrogens with zero attached hydrogens (tertiary/aromatic N) is 3. The molecule has 1 heterocycles. The predicted octanol–water partition coefficient (Wildman–Crippen LogP) is 2.95. The number of halogens is 4. The first-order chi connectivity index (χ1) is 14.1. The van der Waals surface area contributed by atoms with E-state index in [1.54, 1.807) is 26.0 Å². The maximum Gasteiger partial charge on any atom is 0.417 e. The predicted molar refractivity (Wildman–Crippen MR) is 109 cm³/mol. The number of aliphatic imine (C=N–C) groups is 1. The first kappa shape index (κ1) is 24.0. The summed E-state index contributed by atoms with van der Waals surface area (Å²) < 4.78 is 43.3. The zero-order chi connectivity index (χ0) is 22.4. The van der Waals surface area contributed by atoms with Crippen LogP contribution in [0.4, 0.5) is 13.2 Å². The van der Waals surface area contributed by atoms with E-state index in [2.05, 4.69) is 20.6 Å². The quantitative estimate of drug-likeness (QED) is 0.380. The Morgan fingerprint density at radius 2 is 2.00 bits per heavy atom. The summed E-state index contributed by atoms with van der Waals surface area (Å²) in [6.45, 7) is 0.894. The molecule has 0 unspecified atom stereocenters. The molecule has 1 saturated carbocycles. The van der Waals surface area contributed by atoms with Crippen molar-refractivity contribution in [3.63, 3.8) is 0 Å². The smallest absolute Gasteiger partial charge is 0.417 e. The summed E-state index contributed by atoms with van der Waals surface area (Å²) in [6.07, 6.45) is -0.147. The van der Waals surface area contributed by atoms with Crippen molar-refractivity contribution in [3.05, 3.63) is 22.8 Å². The molecule has 1 aliphatic carbocycles. The summed E-state index contributed by atoms with van der Waals surface area (Å²) in [5.41, 5.74) is -1.37. The molecule has 0 saturated heterocycles. The van der Waals surface area contributed by atoms with Crippen molar-refractivity contribution in [2.45, 2.75) is 31.9 Å². The molecular weight excluding hydrogens is 423 g/mol. The van der Waals surface area contributed by atoms with Crippen molar-refractivity contribution < 1.29 is 22.7 Å². The number of guanidine groups is 1. The highest BCUT2D eigenvalue weighted by Gasteiger charge is 2.42. The van der Waals surface area contributed by atoms with E-state index in [1.807, 2.05) is 0 Å². The average molecular weight is 450 g/mol. The zero-order valence-corrected chi connectivity index (χ0v) is 18.0. The van der Waals surface area contributed by atoms with Crippen LogP contribution < -0.4 is 15.4 Å². The molecule has 0 bridgehead atoms. The third-order valence-corrected chi connectivity index (χ3v) is 5.28. The second-order valence-corrected chi connectivity index (χ2v) is 7.80. The van der Waals surface area contributed by atoms with Crippen LogP contribution in [0.3, 0.4) is 0 Å². The number of nitrogens with one attached hydrogen (secondary N) is 2. The lowest BCUT2D eigenvalue weighted by Gasteiger charge is -2.31. The second kappa shape index (κ2) is 10.2. The number of alkyl halides is 3. The van der Waals surface area contributed by atoms with Gasteiger partial charge >= 0.3 is 6.18 Å². The fraction of sp³-hybridized carbons (Fsp3) is 0.632. The van der Waals surface area contributed by atoms with E-state index in [1.165, 1.54) is 0 Å². The molecule has 1 aliphatic rings. The molecule has 0 atom stereocenters. The molecule has 1 aromatic heterocycles. The van der Waals surface area contributed by atoms with E-state index in [9.17, 15) is 18.0 Å². The van der Waals surface area contributed by atoms with Gasteiger partial charge in [0.1, 0.15) is 11.6 Å². The molecule has 168 valence electrons. The highest BCUT2D eigenvalue weighted by atomic mass is 35.5. The minimum Gasteiger partial charge on any atom is -0.475 e. The Labute approximate surface area is 179 Å². The summed E-state index contributed by atoms with van der Waals surface area (Å²) in [4.78, 5) is 22.0. The van der Waals surface area contributed by atoms with Gasteiger partial charge in [-0.15, -0.1) is 0 Å². The van der Waals surface area contributed by atoms with Gasteiger partial charge in [0.25, 0.3) is 0 Å². The van der Waals surface area contributed by atoms with Crippen LogP contribution in [0, 0.1) is 5.41 Å². The summed E-state index contributed by atoms with van der Waals surface area (Å²) in [7, 11) is 5.13. The van der Waals surface area contributed by atoms with E-state index in [0.717, 1.165) is 31.7 Å². The number of hydrogen-bond acceptors (Lipinski definition) is 4. The summed E-state index contributed by atoms with van der Waals surface area (Å²) in [5.74, 6) is 0.535. The van der Waals surface area contributed by atoms with E-state index >= 15 is 0 Å². The van der Waals surface area contributed by atoms with Gasteiger partial charge in [0.05, 0.1) is 17.5 Å². The van der Waals surface area contributed by atoms with Crippen LogP contribution in [0.2, 0.25) is 5.02 Å². The van der Waals surface area contributed by atoms with Crippen molar-refractivity contribution in [3.8, 4) is 5.88 Å². The monoisotopic (exact) mass is 449 g/mol. The zero-order valence-electron chi connectivity index (χ0n) is 17.3. The molecule has 1 fully saturated rings. The van der Waals surface area contributed by atoms with Gasteiger partial charge in [-0.25, -0.2) is 4.98 Å². The number of ether oxygens (including phenoxy) is 1. The molecule has 2 rings (SSSR count). The fourth-order valence-corrected chi connectivity index (χ4v) is 3.69. The number of amides is 1. The second-order valence-electron chi connectivity index (χ2n) is 7.40. The summed E-state index contributed by atoms with van der Waals surface area (Å²) >= 11 is 5.82. The number of hydrogen-bond donors (Lipinski definition) is 2. The van der Waals surface area contributed by atoms with E-state index in [4.69, 9.17) is 16.3 Å². The van der Waals surface area contributed by atoms with Crippen LogP contribution in [0.1, 0.15) is 31.2 Å². The van der Waals surface area contributed by atoms with E-state index in [-0.39, 0.29) is 23.4 Å². The van der Waals surface area contributed by atoms with Crippen molar-refractivity contribution >= 4 is 23.5 Å². The lowest BCUT2D eigenvalue weighted by atomic mass is 9.84. The number of pyridine rings is 1. The number of carbonyl (C=O) groups is 1. The lowest BCUT2D eigenvalue weighted by molar-refractivity contribution is -0.139. The van der Waals surface area contributed by atoms with Gasteiger partial charge in [-0.05, 0) is 18.9 Å². The topological polar surface area (TPSA) is 78.9 Å². The van der Waals surface area contributed by atoms with Crippen LogP contribution in [-0.4, -0.2) is 62.6 Å². The van der Waals surface area contributed by atoms with Crippen molar-refractivity contribution in [1.82, 2.24) is 20.5 Å². The van der Waals surface area contributed by atoms with Gasteiger partial charge in [-0.2, -0.15) is 13.2 Å². The molecule has 0 spiro atoms. The SMILES string of the molecule is CN=C(NCCOc1ncc(C(F)(F)F)cc1Cl)NCC1(C(=O)N(C)C)CCCC1. The molecule has 30 heavy (non-hydrogen) atoms. The molecule has 1 amide bonds. The Kier molecular flexibility index (Phi) is 8.17. The first-order valence-electron chi connectivity index (χ1n) is 9.61. The molecule has 0 aromatic carbocycles. The van der Waals surface area contributed by atoms with Crippen molar-refractivity contribution in [1.29, 1.82) is 0 Å². The molecule has 0 radical (unpaired) electrons. The van der Waals surface area contributed by atoms with Gasteiger partial charge in [0.15, 0.2) is 5.96 Å². The Morgan fingerprint density at radius 3 is 2.53 bits per heavy atom. The third kappa shape index (κ3) is 6.13. The van der Waals surface area contributed by atoms with Gasteiger partial charge in [-0.1, -0.05) is 24.4 Å². The standard InChI is InChI=1S/C19H27ClF3N5O2/c1-24-17(27-12-18(6-4-5-7-18)16(29)28(2)3)25-8-9-30-15-14(20)10-13(11-26-15)19(21,22)23/h10-11H,4-9,12H2,1-3H3,(H2,24,25,27). The highest BCUT2D eigenvalue weighted by molar-refractivity contribution is 6.31. The van der Waals surface area contributed by atoms with Crippen molar-refractivity contribution in [2.24, 2.45) is 10.4 Å². The Hall–Kier alpha value is -2.23. The first-order valence-corrected chi connectivity index (χ1v) is 9.99. The van der Waals surface area contributed by atoms with Crippen LogP contribution >= 0.6 is 11.6 Å². The minimum atomic E-state index is -4.51. The highest BCUT2D eigenvalue weighted by Crippen LogP contribution is 2.39. The largest absolute Gasteiger partial charge is 0.475 e. The van der Waals surface area contributed by atoms with Gasteiger partial charge in [0.2, 0.25) is 11.8 Å².